The average Bonchev–Trinajstić information content (AvgIpc) is 3.02. The van der Waals surface area contributed by atoms with Gasteiger partial charge in [0.15, 0.2) is 5.84 Å². The maximum absolute atomic E-state index is 8.83. The second-order valence-electron chi connectivity index (χ2n) is 4.72. The number of amidine groups is 1. The van der Waals surface area contributed by atoms with Gasteiger partial charge in [-0.25, -0.2) is 0 Å². The van der Waals surface area contributed by atoms with Crippen LogP contribution in [0.4, 0.5) is 5.82 Å². The van der Waals surface area contributed by atoms with Crippen LogP contribution in [-0.4, -0.2) is 34.4 Å². The van der Waals surface area contributed by atoms with E-state index >= 15 is 0 Å². The monoisotopic (exact) mass is 237 g/mol. The summed E-state index contributed by atoms with van der Waals surface area (Å²) in [4.78, 5) is 2.13. The summed E-state index contributed by atoms with van der Waals surface area (Å²) in [6.45, 7) is 2.85. The summed E-state index contributed by atoms with van der Waals surface area (Å²) in [6, 6.07) is 0. The number of aryl methyl sites for hydroxylation is 2. The van der Waals surface area contributed by atoms with Crippen molar-refractivity contribution in [2.75, 3.05) is 18.5 Å². The first-order chi connectivity index (χ1) is 8.04. The third-order valence-electron chi connectivity index (χ3n) is 3.15. The second kappa shape index (κ2) is 4.27. The molecule has 6 nitrogen and oxygen atoms in total. The molecular weight excluding hydrogens is 218 g/mol. The molecule has 2 rings (SSSR count). The Kier molecular flexibility index (Phi) is 2.95. The van der Waals surface area contributed by atoms with Crippen molar-refractivity contribution in [1.82, 2.24) is 9.78 Å². The third kappa shape index (κ3) is 2.20. The fourth-order valence-electron chi connectivity index (χ4n) is 2.21. The maximum Gasteiger partial charge on any atom is 0.175 e. The average molecular weight is 237 g/mol. The number of anilines is 1. The molecule has 94 valence electrons. The Morgan fingerprint density at radius 3 is 2.82 bits per heavy atom. The molecule has 1 fully saturated rings. The van der Waals surface area contributed by atoms with Crippen LogP contribution in [0.2, 0.25) is 0 Å². The van der Waals surface area contributed by atoms with Gasteiger partial charge in [0.2, 0.25) is 0 Å². The van der Waals surface area contributed by atoms with E-state index in [0.29, 0.717) is 0 Å². The fraction of sp³-hybridized carbons (Fsp3) is 0.636. The van der Waals surface area contributed by atoms with E-state index in [9.17, 15) is 0 Å². The number of hydrogen-bond donors (Lipinski definition) is 2. The van der Waals surface area contributed by atoms with E-state index in [4.69, 9.17) is 10.9 Å². The Labute approximate surface area is 101 Å². The second-order valence-corrected chi connectivity index (χ2v) is 4.72. The van der Waals surface area contributed by atoms with Crippen molar-refractivity contribution in [2.24, 2.45) is 23.9 Å². The van der Waals surface area contributed by atoms with Gasteiger partial charge >= 0.3 is 0 Å². The van der Waals surface area contributed by atoms with Crippen LogP contribution >= 0.6 is 0 Å². The molecule has 0 spiro atoms. The van der Waals surface area contributed by atoms with Gasteiger partial charge in [0, 0.05) is 20.6 Å². The van der Waals surface area contributed by atoms with E-state index in [0.717, 1.165) is 29.5 Å². The SMILES string of the molecule is Cc1nn(C)c(N(C)CC2CC2)c1C(N)=NO. The zero-order valence-corrected chi connectivity index (χ0v) is 10.5. The van der Waals surface area contributed by atoms with Crippen LogP contribution in [0, 0.1) is 12.8 Å². The molecule has 0 atom stereocenters. The Balaban J connectivity index is 2.36. The molecule has 1 saturated carbocycles. The lowest BCUT2D eigenvalue weighted by molar-refractivity contribution is 0.318. The molecule has 17 heavy (non-hydrogen) atoms. The predicted octanol–water partition coefficient (Wildman–Crippen LogP) is 0.669. The quantitative estimate of drug-likeness (QED) is 0.349. The molecule has 0 radical (unpaired) electrons. The summed E-state index contributed by atoms with van der Waals surface area (Å²) < 4.78 is 1.78. The smallest absolute Gasteiger partial charge is 0.175 e. The Morgan fingerprint density at radius 1 is 1.65 bits per heavy atom. The number of nitrogens with two attached hydrogens (primary N) is 1. The zero-order valence-electron chi connectivity index (χ0n) is 10.5. The molecule has 1 aromatic rings. The van der Waals surface area contributed by atoms with Gasteiger partial charge in [0.1, 0.15) is 5.82 Å². The Morgan fingerprint density at radius 2 is 2.29 bits per heavy atom. The van der Waals surface area contributed by atoms with Crippen LogP contribution in [0.3, 0.4) is 0 Å². The predicted molar refractivity (Wildman–Crippen MR) is 66.4 cm³/mol. The fourth-order valence-corrected chi connectivity index (χ4v) is 2.21. The molecule has 0 unspecified atom stereocenters. The van der Waals surface area contributed by atoms with Gasteiger partial charge < -0.3 is 15.8 Å². The van der Waals surface area contributed by atoms with Crippen LogP contribution in [0.15, 0.2) is 5.16 Å². The Hall–Kier alpha value is -1.72. The van der Waals surface area contributed by atoms with E-state index in [-0.39, 0.29) is 5.84 Å². The van der Waals surface area contributed by atoms with Crippen molar-refractivity contribution in [3.05, 3.63) is 11.3 Å². The van der Waals surface area contributed by atoms with Crippen LogP contribution in [-0.2, 0) is 7.05 Å². The van der Waals surface area contributed by atoms with E-state index < -0.39 is 0 Å². The number of hydrogen-bond acceptors (Lipinski definition) is 4. The van der Waals surface area contributed by atoms with Crippen LogP contribution in [0.5, 0.6) is 0 Å². The number of nitrogens with zero attached hydrogens (tertiary/aromatic N) is 4. The molecule has 0 aromatic carbocycles. The number of aromatic nitrogens is 2. The molecule has 3 N–H and O–H groups in total. The lowest BCUT2D eigenvalue weighted by Crippen LogP contribution is -2.26. The zero-order chi connectivity index (χ0) is 12.6. The normalized spacial score (nSPS) is 16.3. The standard InChI is InChI=1S/C11H19N5O/c1-7-9(10(12)14-17)11(16(3)13-7)15(2)6-8-4-5-8/h8,17H,4-6H2,1-3H3,(H2,12,14). The highest BCUT2D eigenvalue weighted by molar-refractivity contribution is 6.02. The van der Waals surface area contributed by atoms with Crippen molar-refractivity contribution in [3.8, 4) is 0 Å². The van der Waals surface area contributed by atoms with E-state index in [1.165, 1.54) is 12.8 Å². The molecule has 0 aliphatic heterocycles. The van der Waals surface area contributed by atoms with Crippen molar-refractivity contribution in [2.45, 2.75) is 19.8 Å². The van der Waals surface area contributed by atoms with Gasteiger partial charge in [-0.3, -0.25) is 4.68 Å². The van der Waals surface area contributed by atoms with Gasteiger partial charge in [0.05, 0.1) is 11.3 Å². The third-order valence-corrected chi connectivity index (χ3v) is 3.15. The summed E-state index contributed by atoms with van der Waals surface area (Å²) in [7, 11) is 3.89. The first kappa shape index (κ1) is 11.8. The molecule has 1 aliphatic carbocycles. The van der Waals surface area contributed by atoms with Crippen molar-refractivity contribution >= 4 is 11.7 Å². The van der Waals surface area contributed by atoms with Crippen molar-refractivity contribution in [3.63, 3.8) is 0 Å². The van der Waals surface area contributed by atoms with Gasteiger partial charge in [-0.15, -0.1) is 0 Å². The van der Waals surface area contributed by atoms with E-state index in [1.807, 2.05) is 21.0 Å². The highest BCUT2D eigenvalue weighted by Gasteiger charge is 2.26. The Bertz CT molecular complexity index is 447. The summed E-state index contributed by atoms with van der Waals surface area (Å²) >= 11 is 0. The van der Waals surface area contributed by atoms with Crippen LogP contribution < -0.4 is 10.6 Å². The van der Waals surface area contributed by atoms with Crippen molar-refractivity contribution < 1.29 is 5.21 Å². The van der Waals surface area contributed by atoms with Gasteiger partial charge in [-0.2, -0.15) is 5.10 Å². The lowest BCUT2D eigenvalue weighted by Gasteiger charge is -2.20. The number of rotatable bonds is 4. The molecule has 1 aromatic heterocycles. The highest BCUT2D eigenvalue weighted by Crippen LogP contribution is 2.32. The largest absolute Gasteiger partial charge is 0.409 e. The van der Waals surface area contributed by atoms with Gasteiger partial charge in [-0.1, -0.05) is 5.16 Å². The first-order valence-electron chi connectivity index (χ1n) is 5.77. The van der Waals surface area contributed by atoms with Crippen LogP contribution in [0.25, 0.3) is 0 Å². The number of oxime groups is 1. The highest BCUT2D eigenvalue weighted by atomic mass is 16.4. The molecule has 1 heterocycles. The van der Waals surface area contributed by atoms with Crippen LogP contribution in [0.1, 0.15) is 24.1 Å². The minimum Gasteiger partial charge on any atom is -0.409 e. The maximum atomic E-state index is 8.83. The topological polar surface area (TPSA) is 79.7 Å². The molecule has 0 amide bonds. The van der Waals surface area contributed by atoms with Gasteiger partial charge in [0.25, 0.3) is 0 Å². The summed E-state index contributed by atoms with van der Waals surface area (Å²) in [5.41, 5.74) is 7.21. The minimum absolute atomic E-state index is 0.119. The van der Waals surface area contributed by atoms with E-state index in [2.05, 4.69) is 15.2 Å². The first-order valence-corrected chi connectivity index (χ1v) is 5.77. The summed E-state index contributed by atoms with van der Waals surface area (Å²) in [5.74, 6) is 1.80. The molecular formula is C11H19N5O. The van der Waals surface area contributed by atoms with E-state index in [1.54, 1.807) is 4.68 Å². The lowest BCUT2D eigenvalue weighted by atomic mass is 10.2. The van der Waals surface area contributed by atoms with Crippen molar-refractivity contribution in [1.29, 1.82) is 0 Å². The molecule has 0 bridgehead atoms. The molecule has 1 aliphatic rings. The minimum atomic E-state index is 0.119. The summed E-state index contributed by atoms with van der Waals surface area (Å²) in [5, 5.41) is 16.2. The van der Waals surface area contributed by atoms with Gasteiger partial charge in [-0.05, 0) is 25.7 Å². The molecule has 0 saturated heterocycles. The summed E-state index contributed by atoms with van der Waals surface area (Å²) in [6.07, 6.45) is 2.58. The molecule has 6 heteroatoms.